The number of carbonyl (C=O) groups is 1. The lowest BCUT2D eigenvalue weighted by Gasteiger charge is -2.28. The first-order valence-corrected chi connectivity index (χ1v) is 7.38. The highest BCUT2D eigenvalue weighted by molar-refractivity contribution is 5.69. The van der Waals surface area contributed by atoms with Crippen molar-refractivity contribution in [1.82, 2.24) is 9.88 Å². The van der Waals surface area contributed by atoms with Gasteiger partial charge in [0.05, 0.1) is 6.04 Å². The fraction of sp³-hybridized carbons (Fsp3) is 0.562. The van der Waals surface area contributed by atoms with Crippen LogP contribution in [-0.4, -0.2) is 40.8 Å². The first-order chi connectivity index (χ1) is 10.4. The number of nitrogens with zero attached hydrogens (tertiary/aromatic N) is 3. The number of ether oxygens (including phenoxy) is 2. The molecule has 0 bridgehead atoms. The van der Waals surface area contributed by atoms with Gasteiger partial charge in [-0.25, -0.2) is 9.78 Å². The van der Waals surface area contributed by atoms with Crippen molar-refractivity contribution in [3.05, 3.63) is 23.9 Å². The number of carbonyl (C=O) groups excluding carboxylic acids is 1. The fourth-order valence-corrected chi connectivity index (χ4v) is 2.34. The molecule has 0 aromatic carbocycles. The van der Waals surface area contributed by atoms with E-state index in [0.29, 0.717) is 24.6 Å². The molecule has 1 unspecified atom stereocenters. The van der Waals surface area contributed by atoms with Gasteiger partial charge in [-0.05, 0) is 45.7 Å². The van der Waals surface area contributed by atoms with Gasteiger partial charge in [0, 0.05) is 12.7 Å². The van der Waals surface area contributed by atoms with Gasteiger partial charge in [-0.1, -0.05) is 0 Å². The van der Waals surface area contributed by atoms with Gasteiger partial charge in [0.15, 0.2) is 0 Å². The number of nitriles is 1. The summed E-state index contributed by atoms with van der Waals surface area (Å²) in [7, 11) is 0. The van der Waals surface area contributed by atoms with Crippen LogP contribution in [0.2, 0.25) is 0 Å². The molecule has 1 atom stereocenters. The molecule has 118 valence electrons. The van der Waals surface area contributed by atoms with Crippen molar-refractivity contribution in [2.75, 3.05) is 13.2 Å². The molecule has 0 spiro atoms. The molecule has 6 nitrogen and oxygen atoms in total. The molecule has 0 radical (unpaired) electrons. The average Bonchev–Trinajstić information content (AvgIpc) is 2.92. The van der Waals surface area contributed by atoms with Crippen molar-refractivity contribution in [3.63, 3.8) is 0 Å². The molecule has 1 aromatic rings. The van der Waals surface area contributed by atoms with Gasteiger partial charge in [0.2, 0.25) is 5.88 Å². The summed E-state index contributed by atoms with van der Waals surface area (Å²) in [5.41, 5.74) is -0.121. The van der Waals surface area contributed by atoms with E-state index in [0.717, 1.165) is 12.8 Å². The molecular weight excluding hydrogens is 282 g/mol. The smallest absolute Gasteiger partial charge is 0.410 e. The standard InChI is InChI=1S/C16H21N3O3/c1-16(2,3)22-15(20)19-9-5-7-13(19)11-21-14-12(10-17)6-4-8-18-14/h4,6,8,13H,5,7,9,11H2,1-3H3. The highest BCUT2D eigenvalue weighted by Crippen LogP contribution is 2.22. The zero-order valence-electron chi connectivity index (χ0n) is 13.2. The zero-order valence-corrected chi connectivity index (χ0v) is 13.2. The summed E-state index contributed by atoms with van der Waals surface area (Å²) < 4.78 is 11.1. The normalized spacial score (nSPS) is 17.9. The van der Waals surface area contributed by atoms with Gasteiger partial charge in [-0.3, -0.25) is 0 Å². The van der Waals surface area contributed by atoms with Crippen LogP contribution in [0.15, 0.2) is 18.3 Å². The van der Waals surface area contributed by atoms with Crippen LogP contribution in [-0.2, 0) is 4.74 Å². The summed E-state index contributed by atoms with van der Waals surface area (Å²) in [5, 5.41) is 9.02. The number of amides is 1. The maximum absolute atomic E-state index is 12.2. The third kappa shape index (κ3) is 4.10. The lowest BCUT2D eigenvalue weighted by atomic mass is 10.2. The number of hydrogen-bond donors (Lipinski definition) is 0. The van der Waals surface area contributed by atoms with Crippen molar-refractivity contribution in [2.24, 2.45) is 0 Å². The van der Waals surface area contributed by atoms with Crippen LogP contribution < -0.4 is 4.74 Å². The molecule has 2 heterocycles. The molecule has 1 aliphatic rings. The maximum atomic E-state index is 12.2. The van der Waals surface area contributed by atoms with Gasteiger partial charge in [0.1, 0.15) is 23.8 Å². The minimum atomic E-state index is -0.514. The SMILES string of the molecule is CC(C)(C)OC(=O)N1CCCC1COc1ncccc1C#N. The number of hydrogen-bond acceptors (Lipinski definition) is 5. The number of aromatic nitrogens is 1. The largest absolute Gasteiger partial charge is 0.475 e. The molecule has 6 heteroatoms. The van der Waals surface area contributed by atoms with Crippen LogP contribution in [0.25, 0.3) is 0 Å². The first kappa shape index (κ1) is 16.1. The van der Waals surface area contributed by atoms with Gasteiger partial charge in [0.25, 0.3) is 0 Å². The van der Waals surface area contributed by atoms with Gasteiger partial charge >= 0.3 is 6.09 Å². The Kier molecular flexibility index (Phi) is 4.86. The Morgan fingerprint density at radius 3 is 3.00 bits per heavy atom. The molecule has 1 saturated heterocycles. The Morgan fingerprint density at radius 1 is 1.55 bits per heavy atom. The van der Waals surface area contributed by atoms with Crippen molar-refractivity contribution in [3.8, 4) is 11.9 Å². The third-order valence-electron chi connectivity index (χ3n) is 3.31. The summed E-state index contributed by atoms with van der Waals surface area (Å²) in [6.07, 6.45) is 3.03. The topological polar surface area (TPSA) is 75.4 Å². The van der Waals surface area contributed by atoms with Crippen LogP contribution in [0, 0.1) is 11.3 Å². The molecule has 1 aromatic heterocycles. The van der Waals surface area contributed by atoms with Gasteiger partial charge < -0.3 is 14.4 Å². The molecule has 0 aliphatic carbocycles. The van der Waals surface area contributed by atoms with E-state index in [1.807, 2.05) is 26.8 Å². The molecule has 0 saturated carbocycles. The molecule has 1 fully saturated rings. The molecular formula is C16H21N3O3. The Labute approximate surface area is 130 Å². The predicted octanol–water partition coefficient (Wildman–Crippen LogP) is 2.73. The first-order valence-electron chi connectivity index (χ1n) is 7.38. The van der Waals surface area contributed by atoms with Crippen LogP contribution in [0.3, 0.4) is 0 Å². The van der Waals surface area contributed by atoms with E-state index in [1.54, 1.807) is 23.2 Å². The second kappa shape index (κ2) is 6.65. The second-order valence-electron chi connectivity index (χ2n) is 6.25. The van der Waals surface area contributed by atoms with Gasteiger partial charge in [-0.2, -0.15) is 5.26 Å². The van der Waals surface area contributed by atoms with E-state index >= 15 is 0 Å². The zero-order chi connectivity index (χ0) is 16.2. The van der Waals surface area contributed by atoms with Crippen molar-refractivity contribution in [2.45, 2.75) is 45.3 Å². The van der Waals surface area contributed by atoms with Crippen LogP contribution >= 0.6 is 0 Å². The quantitative estimate of drug-likeness (QED) is 0.858. The predicted molar refractivity (Wildman–Crippen MR) is 80.4 cm³/mol. The van der Waals surface area contributed by atoms with E-state index in [1.165, 1.54) is 0 Å². The molecule has 22 heavy (non-hydrogen) atoms. The molecule has 1 aliphatic heterocycles. The van der Waals surface area contributed by atoms with Crippen molar-refractivity contribution < 1.29 is 14.3 Å². The van der Waals surface area contributed by atoms with Crippen LogP contribution in [0.5, 0.6) is 5.88 Å². The lowest BCUT2D eigenvalue weighted by Crippen LogP contribution is -2.42. The lowest BCUT2D eigenvalue weighted by molar-refractivity contribution is 0.0185. The second-order valence-corrected chi connectivity index (χ2v) is 6.25. The van der Waals surface area contributed by atoms with Crippen LogP contribution in [0.1, 0.15) is 39.2 Å². The Balaban J connectivity index is 1.97. The highest BCUT2D eigenvalue weighted by atomic mass is 16.6. The summed E-state index contributed by atoms with van der Waals surface area (Å²) in [5.74, 6) is 0.307. The Morgan fingerprint density at radius 2 is 2.32 bits per heavy atom. The molecule has 2 rings (SSSR count). The average molecular weight is 303 g/mol. The summed E-state index contributed by atoms with van der Waals surface area (Å²) in [6.45, 7) is 6.51. The maximum Gasteiger partial charge on any atom is 0.410 e. The van der Waals surface area contributed by atoms with Gasteiger partial charge in [-0.15, -0.1) is 0 Å². The van der Waals surface area contributed by atoms with E-state index in [9.17, 15) is 4.79 Å². The monoisotopic (exact) mass is 303 g/mol. The van der Waals surface area contributed by atoms with E-state index < -0.39 is 5.60 Å². The van der Waals surface area contributed by atoms with Crippen molar-refractivity contribution in [1.29, 1.82) is 5.26 Å². The minimum Gasteiger partial charge on any atom is -0.475 e. The summed E-state index contributed by atoms with van der Waals surface area (Å²) in [4.78, 5) is 17.9. The number of likely N-dealkylation sites (tertiary alicyclic amines) is 1. The van der Waals surface area contributed by atoms with E-state index in [4.69, 9.17) is 14.7 Å². The number of pyridine rings is 1. The number of rotatable bonds is 3. The summed E-state index contributed by atoms with van der Waals surface area (Å²) >= 11 is 0. The summed E-state index contributed by atoms with van der Waals surface area (Å²) in [6, 6.07) is 5.33. The molecule has 1 amide bonds. The Hall–Kier alpha value is -2.29. The van der Waals surface area contributed by atoms with E-state index in [-0.39, 0.29) is 12.1 Å². The van der Waals surface area contributed by atoms with Crippen LogP contribution in [0.4, 0.5) is 4.79 Å². The fourth-order valence-electron chi connectivity index (χ4n) is 2.34. The molecule has 0 N–H and O–H groups in total. The Bertz CT molecular complexity index is 575. The highest BCUT2D eigenvalue weighted by Gasteiger charge is 2.32. The van der Waals surface area contributed by atoms with Crippen molar-refractivity contribution >= 4 is 6.09 Å². The van der Waals surface area contributed by atoms with E-state index in [2.05, 4.69) is 4.98 Å². The third-order valence-corrected chi connectivity index (χ3v) is 3.31. The minimum absolute atomic E-state index is 0.0524.